The van der Waals surface area contributed by atoms with Gasteiger partial charge in [0.1, 0.15) is 11.5 Å². The number of phenolic OH excluding ortho intramolecular Hbond substituents is 1. The van der Waals surface area contributed by atoms with Gasteiger partial charge in [-0.2, -0.15) is 0 Å². The van der Waals surface area contributed by atoms with Crippen LogP contribution in [0.15, 0.2) is 12.1 Å². The van der Waals surface area contributed by atoms with Gasteiger partial charge in [0.25, 0.3) is 0 Å². The molecule has 0 aliphatic heterocycles. The lowest BCUT2D eigenvalue weighted by atomic mass is 10.1. The summed E-state index contributed by atoms with van der Waals surface area (Å²) in [6.07, 6.45) is 0.954. The smallest absolute Gasteiger partial charge is 0.153 e. The van der Waals surface area contributed by atoms with E-state index in [-0.39, 0.29) is 16.9 Å². The predicted molar refractivity (Wildman–Crippen MR) is 50.1 cm³/mol. The van der Waals surface area contributed by atoms with Crippen molar-refractivity contribution in [1.29, 1.82) is 0 Å². The number of hydrogen-bond donors (Lipinski definition) is 1. The standard InChI is InChI=1S/C10H10O4/c1-2-14-9-3-7(5-11)10(13)8(4-9)6-12/h3-6,13H,2H2,1H3. The van der Waals surface area contributed by atoms with E-state index in [9.17, 15) is 14.7 Å². The van der Waals surface area contributed by atoms with Crippen LogP contribution in [-0.4, -0.2) is 24.3 Å². The highest BCUT2D eigenvalue weighted by atomic mass is 16.5. The van der Waals surface area contributed by atoms with E-state index in [0.29, 0.717) is 24.9 Å². The first kappa shape index (κ1) is 10.2. The number of benzene rings is 1. The minimum absolute atomic E-state index is 0.0538. The SMILES string of the molecule is CCOc1cc(C=O)c(O)c(C=O)c1. The Labute approximate surface area is 81.1 Å². The molecule has 0 spiro atoms. The fourth-order valence-corrected chi connectivity index (χ4v) is 1.08. The first-order valence-electron chi connectivity index (χ1n) is 4.13. The fourth-order valence-electron chi connectivity index (χ4n) is 1.08. The molecular weight excluding hydrogens is 184 g/mol. The summed E-state index contributed by atoms with van der Waals surface area (Å²) in [5.74, 6) is 0.0907. The number of rotatable bonds is 4. The summed E-state index contributed by atoms with van der Waals surface area (Å²) in [6.45, 7) is 2.22. The number of carbonyl (C=O) groups is 2. The lowest BCUT2D eigenvalue weighted by molar-refractivity contribution is 0.111. The molecule has 1 aromatic carbocycles. The van der Waals surface area contributed by atoms with E-state index in [0.717, 1.165) is 0 Å². The second-order valence-corrected chi connectivity index (χ2v) is 2.62. The lowest BCUT2D eigenvalue weighted by Gasteiger charge is -2.06. The van der Waals surface area contributed by atoms with Crippen molar-refractivity contribution in [3.8, 4) is 11.5 Å². The van der Waals surface area contributed by atoms with E-state index in [1.54, 1.807) is 6.92 Å². The highest BCUT2D eigenvalue weighted by molar-refractivity contribution is 5.89. The summed E-state index contributed by atoms with van der Waals surface area (Å²) in [5.41, 5.74) is 0.108. The van der Waals surface area contributed by atoms with Crippen LogP contribution < -0.4 is 4.74 Å². The van der Waals surface area contributed by atoms with Crippen molar-refractivity contribution in [2.45, 2.75) is 6.92 Å². The van der Waals surface area contributed by atoms with Gasteiger partial charge < -0.3 is 9.84 Å². The molecule has 0 heterocycles. The molecule has 0 aliphatic carbocycles. The molecule has 4 heteroatoms. The fraction of sp³-hybridized carbons (Fsp3) is 0.200. The van der Waals surface area contributed by atoms with Crippen molar-refractivity contribution in [2.75, 3.05) is 6.61 Å². The maximum atomic E-state index is 10.5. The van der Waals surface area contributed by atoms with Crippen LogP contribution in [0, 0.1) is 0 Å². The molecule has 0 radical (unpaired) electrons. The van der Waals surface area contributed by atoms with Crippen molar-refractivity contribution >= 4 is 12.6 Å². The van der Waals surface area contributed by atoms with Crippen molar-refractivity contribution in [3.63, 3.8) is 0 Å². The Morgan fingerprint density at radius 2 is 1.79 bits per heavy atom. The largest absolute Gasteiger partial charge is 0.506 e. The lowest BCUT2D eigenvalue weighted by Crippen LogP contribution is -1.95. The molecule has 74 valence electrons. The topological polar surface area (TPSA) is 63.6 Å². The third kappa shape index (κ3) is 1.90. The van der Waals surface area contributed by atoms with Crippen LogP contribution in [-0.2, 0) is 0 Å². The Balaban J connectivity index is 3.24. The van der Waals surface area contributed by atoms with Gasteiger partial charge in [0.2, 0.25) is 0 Å². The Morgan fingerprint density at radius 1 is 1.29 bits per heavy atom. The van der Waals surface area contributed by atoms with Crippen LogP contribution in [0.3, 0.4) is 0 Å². The zero-order valence-corrected chi connectivity index (χ0v) is 7.69. The molecule has 1 aromatic rings. The van der Waals surface area contributed by atoms with Gasteiger partial charge in [-0.25, -0.2) is 0 Å². The Bertz CT molecular complexity index is 328. The van der Waals surface area contributed by atoms with Gasteiger partial charge >= 0.3 is 0 Å². The molecule has 1 rings (SSSR count). The van der Waals surface area contributed by atoms with Gasteiger partial charge in [-0.3, -0.25) is 9.59 Å². The minimum Gasteiger partial charge on any atom is -0.506 e. The van der Waals surface area contributed by atoms with Crippen LogP contribution in [0.4, 0.5) is 0 Å². The average molecular weight is 194 g/mol. The Kier molecular flexibility index (Phi) is 3.23. The molecule has 1 N–H and O–H groups in total. The van der Waals surface area contributed by atoms with Gasteiger partial charge in [0, 0.05) is 0 Å². The third-order valence-corrected chi connectivity index (χ3v) is 1.71. The molecule has 0 atom stereocenters. The number of aromatic hydroxyl groups is 1. The van der Waals surface area contributed by atoms with Crippen LogP contribution in [0.5, 0.6) is 11.5 Å². The Hall–Kier alpha value is -1.84. The number of carbonyl (C=O) groups excluding carboxylic acids is 2. The van der Waals surface area contributed by atoms with Crippen LogP contribution >= 0.6 is 0 Å². The number of hydrogen-bond acceptors (Lipinski definition) is 4. The normalized spacial score (nSPS) is 9.50. The quantitative estimate of drug-likeness (QED) is 0.736. The average Bonchev–Trinajstić information content (AvgIpc) is 2.20. The van der Waals surface area contributed by atoms with E-state index in [2.05, 4.69) is 0 Å². The maximum absolute atomic E-state index is 10.5. The number of ether oxygens (including phenoxy) is 1. The minimum atomic E-state index is -0.307. The number of phenols is 1. The molecular formula is C10H10O4. The van der Waals surface area contributed by atoms with Crippen molar-refractivity contribution in [2.24, 2.45) is 0 Å². The van der Waals surface area contributed by atoms with Crippen LogP contribution in [0.25, 0.3) is 0 Å². The molecule has 0 unspecified atom stereocenters. The second-order valence-electron chi connectivity index (χ2n) is 2.62. The molecule has 0 saturated heterocycles. The Morgan fingerprint density at radius 3 is 2.14 bits per heavy atom. The van der Waals surface area contributed by atoms with Gasteiger partial charge in [-0.15, -0.1) is 0 Å². The van der Waals surface area contributed by atoms with Crippen molar-refractivity contribution < 1.29 is 19.4 Å². The zero-order valence-electron chi connectivity index (χ0n) is 7.69. The summed E-state index contributed by atoms with van der Waals surface area (Å²) in [7, 11) is 0. The highest BCUT2D eigenvalue weighted by Crippen LogP contribution is 2.25. The molecule has 0 bridgehead atoms. The molecule has 0 fully saturated rings. The monoisotopic (exact) mass is 194 g/mol. The van der Waals surface area contributed by atoms with E-state index >= 15 is 0 Å². The maximum Gasteiger partial charge on any atom is 0.153 e. The summed E-state index contributed by atoms with van der Waals surface area (Å²) in [4.78, 5) is 21.0. The van der Waals surface area contributed by atoms with Crippen LogP contribution in [0.2, 0.25) is 0 Å². The summed E-state index contributed by atoms with van der Waals surface area (Å²) in [6, 6.07) is 2.78. The molecule has 0 amide bonds. The summed E-state index contributed by atoms with van der Waals surface area (Å²) >= 11 is 0. The van der Waals surface area contributed by atoms with Crippen molar-refractivity contribution in [1.82, 2.24) is 0 Å². The third-order valence-electron chi connectivity index (χ3n) is 1.71. The summed E-state index contributed by atoms with van der Waals surface area (Å²) in [5, 5.41) is 9.36. The van der Waals surface area contributed by atoms with E-state index in [1.807, 2.05) is 0 Å². The molecule has 14 heavy (non-hydrogen) atoms. The molecule has 0 saturated carbocycles. The van der Waals surface area contributed by atoms with Gasteiger partial charge in [0.15, 0.2) is 12.6 Å². The van der Waals surface area contributed by atoms with E-state index in [1.165, 1.54) is 12.1 Å². The zero-order chi connectivity index (χ0) is 10.6. The first-order chi connectivity index (χ1) is 6.72. The first-order valence-corrected chi connectivity index (χ1v) is 4.13. The van der Waals surface area contributed by atoms with Crippen LogP contribution in [0.1, 0.15) is 27.6 Å². The highest BCUT2D eigenvalue weighted by Gasteiger charge is 2.09. The predicted octanol–water partition coefficient (Wildman–Crippen LogP) is 1.42. The van der Waals surface area contributed by atoms with Crippen molar-refractivity contribution in [3.05, 3.63) is 23.3 Å². The van der Waals surface area contributed by atoms with E-state index < -0.39 is 0 Å². The van der Waals surface area contributed by atoms with Gasteiger partial charge in [-0.1, -0.05) is 0 Å². The van der Waals surface area contributed by atoms with Gasteiger partial charge in [0.05, 0.1) is 17.7 Å². The van der Waals surface area contributed by atoms with Gasteiger partial charge in [-0.05, 0) is 19.1 Å². The summed E-state index contributed by atoms with van der Waals surface area (Å²) < 4.78 is 5.12. The second kappa shape index (κ2) is 4.41. The molecule has 0 aromatic heterocycles. The van der Waals surface area contributed by atoms with E-state index in [4.69, 9.17) is 4.74 Å². The number of aldehydes is 2. The molecule has 0 aliphatic rings. The molecule has 4 nitrogen and oxygen atoms in total.